The minimum Gasteiger partial charge on any atom is -0.106 e. The first kappa shape index (κ1) is 10.6. The first-order valence-corrected chi connectivity index (χ1v) is 4.73. The normalized spacial score (nSPS) is 11.9. The molecule has 0 aromatic carbocycles. The third kappa shape index (κ3) is 7.46. The van der Waals surface area contributed by atoms with Gasteiger partial charge in [-0.25, -0.2) is 0 Å². The van der Waals surface area contributed by atoms with Crippen molar-refractivity contribution in [2.24, 2.45) is 5.92 Å². The maximum atomic E-state index is 3.17. The van der Waals surface area contributed by atoms with Crippen LogP contribution in [0.2, 0.25) is 0 Å². The Labute approximate surface area is 71.4 Å². The van der Waals surface area contributed by atoms with E-state index in [0.717, 1.165) is 0 Å². The van der Waals surface area contributed by atoms with E-state index in [2.05, 4.69) is 25.7 Å². The van der Waals surface area contributed by atoms with Crippen molar-refractivity contribution in [3.63, 3.8) is 0 Å². The van der Waals surface area contributed by atoms with E-state index in [1.807, 2.05) is 6.92 Å². The van der Waals surface area contributed by atoms with Crippen molar-refractivity contribution in [2.75, 3.05) is 0 Å². The van der Waals surface area contributed by atoms with E-state index >= 15 is 0 Å². The van der Waals surface area contributed by atoms with Gasteiger partial charge in [-0.2, -0.15) is 0 Å². The molecule has 0 saturated heterocycles. The molecule has 0 nitrogen and oxygen atoms in total. The second kappa shape index (κ2) is 7.66. The molecule has 0 heterocycles. The van der Waals surface area contributed by atoms with Crippen LogP contribution in [0.25, 0.3) is 0 Å². The van der Waals surface area contributed by atoms with Crippen LogP contribution in [0.4, 0.5) is 0 Å². The molecule has 0 aliphatic rings. The SMILES string of the molecule is CC#CC(C)CCCCCC. The summed E-state index contributed by atoms with van der Waals surface area (Å²) in [6, 6.07) is 0. The third-order valence-electron chi connectivity index (χ3n) is 1.88. The van der Waals surface area contributed by atoms with E-state index in [0.29, 0.717) is 5.92 Å². The highest BCUT2D eigenvalue weighted by Crippen LogP contribution is 2.08. The first-order valence-electron chi connectivity index (χ1n) is 4.73. The van der Waals surface area contributed by atoms with Crippen LogP contribution < -0.4 is 0 Å². The molecule has 0 aromatic rings. The van der Waals surface area contributed by atoms with Crippen LogP contribution in [0.3, 0.4) is 0 Å². The molecule has 0 spiro atoms. The van der Waals surface area contributed by atoms with Crippen LogP contribution >= 0.6 is 0 Å². The molecule has 0 radical (unpaired) electrons. The predicted octanol–water partition coefficient (Wildman–Crippen LogP) is 3.62. The van der Waals surface area contributed by atoms with Gasteiger partial charge in [-0.1, -0.05) is 39.5 Å². The molecule has 64 valence electrons. The van der Waals surface area contributed by atoms with Gasteiger partial charge in [0.1, 0.15) is 0 Å². The van der Waals surface area contributed by atoms with E-state index in [1.54, 1.807) is 0 Å². The van der Waals surface area contributed by atoms with Crippen molar-refractivity contribution < 1.29 is 0 Å². The van der Waals surface area contributed by atoms with Gasteiger partial charge >= 0.3 is 0 Å². The summed E-state index contributed by atoms with van der Waals surface area (Å²) in [5, 5.41) is 0. The lowest BCUT2D eigenvalue weighted by Crippen LogP contribution is -1.89. The Morgan fingerprint density at radius 1 is 1.18 bits per heavy atom. The second-order valence-corrected chi connectivity index (χ2v) is 3.14. The number of hydrogen-bond acceptors (Lipinski definition) is 0. The molecular formula is C11H20. The van der Waals surface area contributed by atoms with Crippen molar-refractivity contribution in [3.8, 4) is 11.8 Å². The van der Waals surface area contributed by atoms with E-state index in [-0.39, 0.29) is 0 Å². The van der Waals surface area contributed by atoms with Crippen molar-refractivity contribution in [1.82, 2.24) is 0 Å². The Morgan fingerprint density at radius 3 is 2.45 bits per heavy atom. The largest absolute Gasteiger partial charge is 0.106 e. The van der Waals surface area contributed by atoms with Gasteiger partial charge in [-0.05, 0) is 13.3 Å². The highest BCUT2D eigenvalue weighted by Gasteiger charge is 1.95. The minimum absolute atomic E-state index is 0.608. The lowest BCUT2D eigenvalue weighted by molar-refractivity contribution is 0.571. The fraction of sp³-hybridized carbons (Fsp3) is 0.818. The maximum Gasteiger partial charge on any atom is 0.0174 e. The fourth-order valence-corrected chi connectivity index (χ4v) is 1.20. The molecule has 0 saturated carbocycles. The van der Waals surface area contributed by atoms with Crippen molar-refractivity contribution in [2.45, 2.75) is 52.9 Å². The average Bonchev–Trinajstić information content (AvgIpc) is 1.99. The minimum atomic E-state index is 0.608. The van der Waals surface area contributed by atoms with Crippen molar-refractivity contribution in [1.29, 1.82) is 0 Å². The summed E-state index contributed by atoms with van der Waals surface area (Å²) >= 11 is 0. The van der Waals surface area contributed by atoms with Gasteiger partial charge in [0.05, 0.1) is 0 Å². The summed E-state index contributed by atoms with van der Waals surface area (Å²) in [6.07, 6.45) is 6.72. The van der Waals surface area contributed by atoms with Gasteiger partial charge in [-0.15, -0.1) is 11.8 Å². The van der Waals surface area contributed by atoms with Gasteiger partial charge < -0.3 is 0 Å². The monoisotopic (exact) mass is 152 g/mol. The maximum absolute atomic E-state index is 3.17. The molecule has 0 aromatic heterocycles. The first-order chi connectivity index (χ1) is 5.31. The third-order valence-corrected chi connectivity index (χ3v) is 1.88. The Balaban J connectivity index is 3.15. The van der Waals surface area contributed by atoms with Gasteiger partial charge in [0.25, 0.3) is 0 Å². The van der Waals surface area contributed by atoms with Crippen LogP contribution in [0.5, 0.6) is 0 Å². The van der Waals surface area contributed by atoms with Crippen molar-refractivity contribution >= 4 is 0 Å². The Kier molecular flexibility index (Phi) is 7.36. The zero-order chi connectivity index (χ0) is 8.53. The van der Waals surface area contributed by atoms with Gasteiger partial charge in [0, 0.05) is 5.92 Å². The summed E-state index contributed by atoms with van der Waals surface area (Å²) in [4.78, 5) is 0. The van der Waals surface area contributed by atoms with E-state index in [9.17, 15) is 0 Å². The summed E-state index contributed by atoms with van der Waals surface area (Å²) in [6.45, 7) is 6.38. The molecule has 0 fully saturated rings. The predicted molar refractivity (Wildman–Crippen MR) is 51.4 cm³/mol. The van der Waals surface area contributed by atoms with Crippen LogP contribution in [0.15, 0.2) is 0 Å². The standard InChI is InChI=1S/C11H20/c1-4-6-7-8-10-11(3)9-5-2/h11H,4,6-8,10H2,1-3H3. The smallest absolute Gasteiger partial charge is 0.0174 e. The molecule has 11 heavy (non-hydrogen) atoms. The molecule has 0 aliphatic carbocycles. The second-order valence-electron chi connectivity index (χ2n) is 3.14. The van der Waals surface area contributed by atoms with Crippen LogP contribution in [-0.2, 0) is 0 Å². The summed E-state index contributed by atoms with van der Waals surface area (Å²) in [5.41, 5.74) is 0. The van der Waals surface area contributed by atoms with Crippen molar-refractivity contribution in [3.05, 3.63) is 0 Å². The highest BCUT2D eigenvalue weighted by molar-refractivity contribution is 4.98. The molecule has 0 heteroatoms. The fourth-order valence-electron chi connectivity index (χ4n) is 1.20. The molecule has 1 atom stereocenters. The summed E-state index contributed by atoms with van der Waals surface area (Å²) in [7, 11) is 0. The van der Waals surface area contributed by atoms with Crippen LogP contribution in [-0.4, -0.2) is 0 Å². The Bertz CT molecular complexity index is 125. The number of unbranched alkanes of at least 4 members (excludes halogenated alkanes) is 3. The van der Waals surface area contributed by atoms with Gasteiger partial charge in [0.15, 0.2) is 0 Å². The molecule has 0 aliphatic heterocycles. The quantitative estimate of drug-likeness (QED) is 0.417. The zero-order valence-corrected chi connectivity index (χ0v) is 8.11. The summed E-state index contributed by atoms with van der Waals surface area (Å²) < 4.78 is 0. The molecule has 0 rings (SSSR count). The van der Waals surface area contributed by atoms with Crippen LogP contribution in [0.1, 0.15) is 52.9 Å². The Hall–Kier alpha value is -0.440. The molecular weight excluding hydrogens is 132 g/mol. The summed E-state index contributed by atoms with van der Waals surface area (Å²) in [5.74, 6) is 6.74. The average molecular weight is 152 g/mol. The van der Waals surface area contributed by atoms with E-state index < -0.39 is 0 Å². The lowest BCUT2D eigenvalue weighted by atomic mass is 10.0. The van der Waals surface area contributed by atoms with Gasteiger partial charge in [0.2, 0.25) is 0 Å². The number of hydrogen-bond donors (Lipinski definition) is 0. The highest BCUT2D eigenvalue weighted by atomic mass is 14.0. The van der Waals surface area contributed by atoms with E-state index in [4.69, 9.17) is 0 Å². The molecule has 0 bridgehead atoms. The van der Waals surface area contributed by atoms with E-state index in [1.165, 1.54) is 32.1 Å². The molecule has 0 N–H and O–H groups in total. The van der Waals surface area contributed by atoms with Crippen LogP contribution in [0, 0.1) is 17.8 Å². The number of rotatable bonds is 5. The van der Waals surface area contributed by atoms with Gasteiger partial charge in [-0.3, -0.25) is 0 Å². The zero-order valence-electron chi connectivity index (χ0n) is 8.11. The molecule has 1 unspecified atom stereocenters. The Morgan fingerprint density at radius 2 is 1.91 bits per heavy atom. The topological polar surface area (TPSA) is 0 Å². The molecule has 0 amide bonds. The lowest BCUT2D eigenvalue weighted by Gasteiger charge is -2.01.